The maximum absolute atomic E-state index is 6.01. The van der Waals surface area contributed by atoms with E-state index in [0.29, 0.717) is 6.54 Å². The van der Waals surface area contributed by atoms with Gasteiger partial charge in [-0.05, 0) is 13.8 Å². The van der Waals surface area contributed by atoms with Crippen molar-refractivity contribution in [1.82, 2.24) is 0 Å². The normalized spacial score (nSPS) is 22.4. The van der Waals surface area contributed by atoms with Gasteiger partial charge in [-0.1, -0.05) is 0 Å². The molecule has 0 fully saturated rings. The van der Waals surface area contributed by atoms with Crippen LogP contribution in [0.3, 0.4) is 0 Å². The molecule has 0 spiro atoms. The van der Waals surface area contributed by atoms with Crippen molar-refractivity contribution >= 4 is 0 Å². The highest BCUT2D eigenvalue weighted by molar-refractivity contribution is 5.00. The Bertz CT molecular complexity index is 120. The van der Waals surface area contributed by atoms with Gasteiger partial charge in [0.15, 0.2) is 0 Å². The lowest BCUT2D eigenvalue weighted by molar-refractivity contribution is -0.389. The third kappa shape index (κ3) is 2.41. The predicted octanol–water partition coefficient (Wildman–Crippen LogP) is -2.70. The van der Waals surface area contributed by atoms with E-state index < -0.39 is 0 Å². The average molecular weight is 162 g/mol. The summed E-state index contributed by atoms with van der Waals surface area (Å²) < 4.78 is 0. The smallest absolute Gasteiger partial charge is 0.0938 e. The Morgan fingerprint density at radius 3 is 1.82 bits per heavy atom. The molecule has 0 aliphatic rings. The minimum absolute atomic E-state index is 0.351. The molecule has 4 nitrogen and oxygen atoms in total. The van der Waals surface area contributed by atoms with Crippen molar-refractivity contribution in [3.63, 3.8) is 0 Å². The summed E-state index contributed by atoms with van der Waals surface area (Å²) in [5.41, 5.74) is 18.8. The molecule has 0 rings (SSSR count). The summed E-state index contributed by atoms with van der Waals surface area (Å²) in [6.45, 7) is 5.37. The van der Waals surface area contributed by atoms with Crippen molar-refractivity contribution in [2.75, 3.05) is 13.1 Å². The molecule has 0 saturated heterocycles. The van der Waals surface area contributed by atoms with Crippen LogP contribution in [-0.4, -0.2) is 24.2 Å². The van der Waals surface area contributed by atoms with Gasteiger partial charge in [-0.15, -0.1) is 0 Å². The highest BCUT2D eigenvalue weighted by Gasteiger charge is 2.38. The number of nitrogens with two attached hydrogens (primary N) is 2. The highest BCUT2D eigenvalue weighted by atomic mass is 14.9. The molecule has 0 heterocycles. The van der Waals surface area contributed by atoms with Crippen molar-refractivity contribution in [2.24, 2.45) is 11.5 Å². The zero-order valence-electron chi connectivity index (χ0n) is 7.69. The molecule has 0 bridgehead atoms. The summed E-state index contributed by atoms with van der Waals surface area (Å²) in [6.07, 6.45) is 0.843. The van der Waals surface area contributed by atoms with E-state index in [1.54, 1.807) is 0 Å². The summed E-state index contributed by atoms with van der Waals surface area (Å²) in [5.74, 6) is 0. The van der Waals surface area contributed by atoms with Gasteiger partial charge in [0.2, 0.25) is 0 Å². The first-order chi connectivity index (χ1) is 4.87. The van der Waals surface area contributed by atoms with Crippen LogP contribution in [0.15, 0.2) is 0 Å². The van der Waals surface area contributed by atoms with E-state index in [1.165, 1.54) is 0 Å². The van der Waals surface area contributed by atoms with Gasteiger partial charge in [0.25, 0.3) is 0 Å². The largest absolute Gasteiger partial charge is 0.358 e. The van der Waals surface area contributed by atoms with Crippen LogP contribution in [0.25, 0.3) is 0 Å². The quantitative estimate of drug-likeness (QED) is 0.361. The van der Waals surface area contributed by atoms with Crippen LogP contribution in [-0.2, 0) is 0 Å². The lowest BCUT2D eigenvalue weighted by Crippen LogP contribution is -2.75. The van der Waals surface area contributed by atoms with Crippen LogP contribution >= 0.6 is 0 Å². The van der Waals surface area contributed by atoms with Crippen LogP contribution in [0.4, 0.5) is 0 Å². The predicted molar refractivity (Wildman–Crippen MR) is 45.3 cm³/mol. The monoisotopic (exact) mass is 162 g/mol. The Balaban J connectivity index is 4.26. The average Bonchev–Trinajstić information content (AvgIpc) is 1.87. The summed E-state index contributed by atoms with van der Waals surface area (Å²) in [5, 5.41) is 0. The molecule has 0 aliphatic carbocycles. The minimum Gasteiger partial charge on any atom is -0.358 e. The maximum Gasteiger partial charge on any atom is 0.0938 e. The zero-order chi connectivity index (χ0) is 9.12. The molecular formula is C7H22N4+2. The molecule has 4 heteroatoms. The van der Waals surface area contributed by atoms with E-state index in [2.05, 4.69) is 11.5 Å². The Hall–Kier alpha value is -0.160. The SMILES string of the molecule is CC(N)(C[NH3+])C(C)(N)CC[NH3+]. The van der Waals surface area contributed by atoms with Crippen LogP contribution in [0.2, 0.25) is 0 Å². The summed E-state index contributed by atoms with van der Waals surface area (Å²) >= 11 is 0. The van der Waals surface area contributed by atoms with Crippen LogP contribution in [0.1, 0.15) is 20.3 Å². The van der Waals surface area contributed by atoms with Crippen LogP contribution in [0.5, 0.6) is 0 Å². The Labute approximate surface area is 68.3 Å². The molecule has 2 unspecified atom stereocenters. The lowest BCUT2D eigenvalue weighted by atomic mass is 9.78. The van der Waals surface area contributed by atoms with Crippen molar-refractivity contribution < 1.29 is 11.5 Å². The van der Waals surface area contributed by atoms with Crippen LogP contribution < -0.4 is 22.9 Å². The van der Waals surface area contributed by atoms with Gasteiger partial charge < -0.3 is 22.9 Å². The van der Waals surface area contributed by atoms with Gasteiger partial charge in [0.05, 0.1) is 18.6 Å². The van der Waals surface area contributed by atoms with Gasteiger partial charge >= 0.3 is 0 Å². The van der Waals surface area contributed by atoms with Crippen molar-refractivity contribution in [3.8, 4) is 0 Å². The molecule has 0 radical (unpaired) electrons. The number of hydrogen-bond acceptors (Lipinski definition) is 2. The molecule has 0 aromatic rings. The van der Waals surface area contributed by atoms with Crippen LogP contribution in [0, 0.1) is 0 Å². The van der Waals surface area contributed by atoms with Crippen molar-refractivity contribution in [1.29, 1.82) is 0 Å². The number of hydrogen-bond donors (Lipinski definition) is 4. The second-order valence-electron chi connectivity index (χ2n) is 3.69. The van der Waals surface area contributed by atoms with E-state index in [1.807, 2.05) is 13.8 Å². The van der Waals surface area contributed by atoms with Gasteiger partial charge in [0.1, 0.15) is 0 Å². The van der Waals surface area contributed by atoms with E-state index in [4.69, 9.17) is 11.5 Å². The fraction of sp³-hybridized carbons (Fsp3) is 1.00. The Morgan fingerprint density at radius 2 is 1.55 bits per heavy atom. The van der Waals surface area contributed by atoms with E-state index in [0.717, 1.165) is 13.0 Å². The van der Waals surface area contributed by atoms with E-state index in [9.17, 15) is 0 Å². The molecule has 0 aliphatic heterocycles. The second kappa shape index (κ2) is 3.49. The zero-order valence-corrected chi connectivity index (χ0v) is 7.69. The molecule has 11 heavy (non-hydrogen) atoms. The van der Waals surface area contributed by atoms with Gasteiger partial charge in [-0.2, -0.15) is 0 Å². The molecule has 0 aromatic heterocycles. The summed E-state index contributed by atoms with van der Waals surface area (Å²) in [6, 6.07) is 0. The fourth-order valence-corrected chi connectivity index (χ4v) is 0.938. The van der Waals surface area contributed by atoms with Crippen molar-refractivity contribution in [2.45, 2.75) is 31.3 Å². The molecule has 10 N–H and O–H groups in total. The molecule has 2 atom stereocenters. The minimum atomic E-state index is -0.384. The first-order valence-corrected chi connectivity index (χ1v) is 4.03. The first-order valence-electron chi connectivity index (χ1n) is 4.03. The number of quaternary nitrogens is 2. The third-order valence-corrected chi connectivity index (χ3v) is 2.52. The summed E-state index contributed by atoms with van der Waals surface area (Å²) in [7, 11) is 0. The number of rotatable bonds is 4. The molecule has 68 valence electrons. The van der Waals surface area contributed by atoms with E-state index in [-0.39, 0.29) is 11.1 Å². The molecule has 0 amide bonds. The first kappa shape index (κ1) is 10.8. The summed E-state index contributed by atoms with van der Waals surface area (Å²) in [4.78, 5) is 0. The molecule has 0 saturated carbocycles. The lowest BCUT2D eigenvalue weighted by Gasteiger charge is -2.37. The Kier molecular flexibility index (Phi) is 3.44. The topological polar surface area (TPSA) is 107 Å². The fourth-order valence-electron chi connectivity index (χ4n) is 0.938. The van der Waals surface area contributed by atoms with Gasteiger partial charge in [-0.25, -0.2) is 0 Å². The van der Waals surface area contributed by atoms with Crippen molar-refractivity contribution in [3.05, 3.63) is 0 Å². The standard InChI is InChI=1S/C7H20N4/c1-6(10,3-4-8)7(2,11)5-9/h3-5,8-11H2,1-2H3/p+2. The van der Waals surface area contributed by atoms with Gasteiger partial charge in [0, 0.05) is 12.0 Å². The molecular weight excluding hydrogens is 140 g/mol. The third-order valence-electron chi connectivity index (χ3n) is 2.52. The molecule has 0 aromatic carbocycles. The van der Waals surface area contributed by atoms with Gasteiger partial charge in [-0.3, -0.25) is 0 Å². The second-order valence-corrected chi connectivity index (χ2v) is 3.69. The van der Waals surface area contributed by atoms with E-state index >= 15 is 0 Å². The highest BCUT2D eigenvalue weighted by Crippen LogP contribution is 2.17. The Morgan fingerprint density at radius 1 is 1.09 bits per heavy atom. The maximum atomic E-state index is 6.01.